The highest BCUT2D eigenvalue weighted by atomic mass is 16.2. The minimum atomic E-state index is -0.621. The summed E-state index contributed by atoms with van der Waals surface area (Å²) in [5.74, 6) is -1.25. The average Bonchev–Trinajstić information content (AvgIpc) is 3.23. The number of fused-ring (bicyclic) bond motifs is 1. The molecule has 2 bridgehead atoms. The first-order chi connectivity index (χ1) is 19.4. The number of likely N-dealkylation sites (tertiary alicyclic amines) is 1. The molecule has 1 aromatic rings. The Hall–Kier alpha value is -3.76. The van der Waals surface area contributed by atoms with Gasteiger partial charge in [-0.05, 0) is 28.7 Å². The maximum atomic E-state index is 13.4. The van der Waals surface area contributed by atoms with E-state index in [0.29, 0.717) is 6.54 Å². The van der Waals surface area contributed by atoms with Crippen LogP contribution in [-0.4, -0.2) is 89.5 Å². The van der Waals surface area contributed by atoms with Crippen LogP contribution in [0.4, 0.5) is 0 Å². The van der Waals surface area contributed by atoms with Gasteiger partial charge in [0.25, 0.3) is 0 Å². The molecule has 2 fully saturated rings. The van der Waals surface area contributed by atoms with Crippen LogP contribution in [0.3, 0.4) is 0 Å². The lowest BCUT2D eigenvalue weighted by molar-refractivity contribution is -0.132. The van der Waals surface area contributed by atoms with Gasteiger partial charge in [-0.3, -0.25) is 19.3 Å². The maximum Gasteiger partial charge on any atom is 0.245 e. The third kappa shape index (κ3) is 5.10. The molecule has 0 radical (unpaired) electrons. The highest BCUT2D eigenvalue weighted by Gasteiger charge is 2.56. The molecular weight excluding hydrogens is 518 g/mol. The number of piperazine rings is 1. The van der Waals surface area contributed by atoms with Gasteiger partial charge in [-0.2, -0.15) is 5.10 Å². The first-order valence-corrected chi connectivity index (χ1v) is 14.2. The molecule has 5 rings (SSSR count). The molecule has 4 aliphatic rings. The first-order valence-electron chi connectivity index (χ1n) is 14.2. The van der Waals surface area contributed by atoms with Crippen molar-refractivity contribution in [2.75, 3.05) is 39.3 Å². The van der Waals surface area contributed by atoms with E-state index in [1.807, 2.05) is 4.90 Å². The Bertz CT molecular complexity index is 1360. The zero-order valence-corrected chi connectivity index (χ0v) is 24.2. The van der Waals surface area contributed by atoms with Gasteiger partial charge in [-0.15, -0.1) is 0 Å². The number of carbonyl (C=O) groups excluding carboxylic acids is 3. The fourth-order valence-corrected chi connectivity index (χ4v) is 6.70. The molecule has 2 saturated heterocycles. The number of hydrazone groups is 1. The van der Waals surface area contributed by atoms with Gasteiger partial charge in [0.1, 0.15) is 0 Å². The molecular formula is C31H41N7O3. The van der Waals surface area contributed by atoms with Gasteiger partial charge >= 0.3 is 0 Å². The van der Waals surface area contributed by atoms with Gasteiger partial charge in [0, 0.05) is 68.8 Å². The Labute approximate surface area is 241 Å². The molecule has 218 valence electrons. The molecule has 10 nitrogen and oxygen atoms in total. The summed E-state index contributed by atoms with van der Waals surface area (Å²) in [4.78, 5) is 42.3. The zero-order chi connectivity index (χ0) is 29.6. The molecule has 0 saturated carbocycles. The second kappa shape index (κ2) is 10.9. The molecule has 1 aliphatic carbocycles. The van der Waals surface area contributed by atoms with E-state index in [1.54, 1.807) is 11.8 Å². The molecule has 3 heterocycles. The summed E-state index contributed by atoms with van der Waals surface area (Å²) < 4.78 is 0. The maximum absolute atomic E-state index is 13.4. The second-order valence-corrected chi connectivity index (χ2v) is 12.1. The third-order valence-electron chi connectivity index (χ3n) is 9.60. The van der Waals surface area contributed by atoms with Crippen LogP contribution in [0.5, 0.6) is 0 Å². The van der Waals surface area contributed by atoms with Crippen molar-refractivity contribution in [1.82, 2.24) is 20.1 Å². The molecule has 1 aromatic carbocycles. The van der Waals surface area contributed by atoms with E-state index >= 15 is 0 Å². The van der Waals surface area contributed by atoms with Gasteiger partial charge in [-0.25, -0.2) is 0 Å². The second-order valence-electron chi connectivity index (χ2n) is 12.1. The minimum absolute atomic E-state index is 0.0126. The Morgan fingerprint density at radius 3 is 2.59 bits per heavy atom. The fraction of sp³-hybridized carbons (Fsp3) is 0.484. The predicted molar refractivity (Wildman–Crippen MR) is 158 cm³/mol. The smallest absolute Gasteiger partial charge is 0.245 e. The number of benzene rings is 1. The highest BCUT2D eigenvalue weighted by molar-refractivity contribution is 6.15. The largest absolute Gasteiger partial charge is 0.366 e. The number of rotatable bonds is 9. The fourth-order valence-electron chi connectivity index (χ4n) is 6.70. The first kappa shape index (κ1) is 28.8. The number of hydrogen-bond donors (Lipinski definition) is 3. The summed E-state index contributed by atoms with van der Waals surface area (Å²) in [5, 5.41) is 4.73. The van der Waals surface area contributed by atoms with Crippen LogP contribution < -0.4 is 16.9 Å². The summed E-state index contributed by atoms with van der Waals surface area (Å²) in [6.45, 7) is 18.2. The number of nitrogens with one attached hydrogen (secondary N) is 1. The van der Waals surface area contributed by atoms with Crippen LogP contribution in [0.25, 0.3) is 0 Å². The van der Waals surface area contributed by atoms with Crippen molar-refractivity contribution in [3.05, 3.63) is 71.3 Å². The van der Waals surface area contributed by atoms with E-state index in [-0.39, 0.29) is 41.3 Å². The van der Waals surface area contributed by atoms with Crippen LogP contribution in [0.1, 0.15) is 31.9 Å². The summed E-state index contributed by atoms with van der Waals surface area (Å²) in [7, 11) is 0. The van der Waals surface area contributed by atoms with Crippen molar-refractivity contribution in [3.8, 4) is 0 Å². The molecule has 5 N–H and O–H groups in total. The molecule has 41 heavy (non-hydrogen) atoms. The van der Waals surface area contributed by atoms with Crippen LogP contribution >= 0.6 is 0 Å². The van der Waals surface area contributed by atoms with E-state index in [1.165, 1.54) is 5.56 Å². The van der Waals surface area contributed by atoms with E-state index in [0.717, 1.165) is 55.1 Å². The predicted octanol–water partition coefficient (Wildman–Crippen LogP) is 0.992. The lowest BCUT2D eigenvalue weighted by Gasteiger charge is -2.54. The Kier molecular flexibility index (Phi) is 7.65. The normalized spacial score (nSPS) is 27.4. The molecule has 5 atom stereocenters. The lowest BCUT2D eigenvalue weighted by Crippen LogP contribution is -2.62. The summed E-state index contributed by atoms with van der Waals surface area (Å²) in [6.07, 6.45) is 2.20. The van der Waals surface area contributed by atoms with Crippen molar-refractivity contribution in [2.45, 2.75) is 39.4 Å². The van der Waals surface area contributed by atoms with E-state index < -0.39 is 17.9 Å². The lowest BCUT2D eigenvalue weighted by atomic mass is 9.54. The van der Waals surface area contributed by atoms with Gasteiger partial charge < -0.3 is 26.7 Å². The van der Waals surface area contributed by atoms with Crippen LogP contribution in [0.15, 0.2) is 65.3 Å². The average molecular weight is 560 g/mol. The number of nitrogens with zero attached hydrogens (tertiary/aromatic N) is 4. The van der Waals surface area contributed by atoms with E-state index in [4.69, 9.17) is 16.6 Å². The molecule has 3 unspecified atom stereocenters. The number of nitrogens with two attached hydrogens (primary N) is 2. The van der Waals surface area contributed by atoms with E-state index in [9.17, 15) is 14.4 Å². The van der Waals surface area contributed by atoms with Gasteiger partial charge in [0.2, 0.25) is 17.7 Å². The van der Waals surface area contributed by atoms with Crippen molar-refractivity contribution < 1.29 is 14.4 Å². The van der Waals surface area contributed by atoms with Gasteiger partial charge in [0.05, 0.1) is 24.2 Å². The Morgan fingerprint density at radius 1 is 1.24 bits per heavy atom. The zero-order valence-electron chi connectivity index (χ0n) is 24.2. The van der Waals surface area contributed by atoms with Crippen molar-refractivity contribution >= 4 is 23.4 Å². The van der Waals surface area contributed by atoms with Crippen LogP contribution in [-0.2, 0) is 20.9 Å². The third-order valence-corrected chi connectivity index (χ3v) is 9.60. The van der Waals surface area contributed by atoms with Crippen molar-refractivity contribution in [1.29, 1.82) is 0 Å². The van der Waals surface area contributed by atoms with Crippen LogP contribution in [0, 0.1) is 17.3 Å². The number of primary amides is 1. The Balaban J connectivity index is 1.28. The number of amides is 3. The van der Waals surface area contributed by atoms with Crippen LogP contribution in [0.2, 0.25) is 0 Å². The molecule has 10 heteroatoms. The molecule has 0 aromatic heterocycles. The molecule has 0 spiro atoms. The van der Waals surface area contributed by atoms with Crippen molar-refractivity contribution in [2.24, 2.45) is 33.8 Å². The highest BCUT2D eigenvalue weighted by Crippen LogP contribution is 2.52. The standard InChI is InChI=1S/C31H41N7O3/c1-18-15-38(16-19(2)29(33)40)30(41)26(18)27(32)20(3)31(5)24-14-25(31)34-35-28(24)23-8-6-7-22(13-23)17-36-9-11-37(12-10-36)21(4)39/h6-8,13-14,20,25-27,34H,1-2,9-12,15-17,32H2,3-5H3,(H2,33,40)/t20-,25?,26?,27+,31?/m1/s1. The summed E-state index contributed by atoms with van der Waals surface area (Å²) in [6, 6.07) is 8.00. The number of carbonyl (C=O) groups is 3. The van der Waals surface area contributed by atoms with Gasteiger partial charge in [-0.1, -0.05) is 51.3 Å². The van der Waals surface area contributed by atoms with Crippen molar-refractivity contribution in [3.63, 3.8) is 0 Å². The SMILES string of the molecule is C=C(CN1CC(=C)C([C@@H](N)[C@@H](C)C2(C)C3=CC2NN=C3c2cccc(CN3CCN(C(C)=O)CC3)c2)C1=O)C(N)=O. The quantitative estimate of drug-likeness (QED) is 0.305. The topological polar surface area (TPSA) is 137 Å². The summed E-state index contributed by atoms with van der Waals surface area (Å²) in [5.41, 5.74) is 20.4. The molecule has 3 aliphatic heterocycles. The number of hydrogen-bond acceptors (Lipinski definition) is 7. The Morgan fingerprint density at radius 2 is 1.95 bits per heavy atom. The molecule has 3 amide bonds. The summed E-state index contributed by atoms with van der Waals surface area (Å²) >= 11 is 0. The van der Waals surface area contributed by atoms with E-state index in [2.05, 4.69) is 67.7 Å². The monoisotopic (exact) mass is 559 g/mol. The van der Waals surface area contributed by atoms with Gasteiger partial charge in [0.15, 0.2) is 0 Å². The minimum Gasteiger partial charge on any atom is -0.366 e.